The molecular formula is C18H15N5O4. The third kappa shape index (κ3) is 3.98. The minimum Gasteiger partial charge on any atom is -0.321 e. The van der Waals surface area contributed by atoms with Crippen molar-refractivity contribution in [2.75, 3.05) is 5.43 Å². The van der Waals surface area contributed by atoms with E-state index in [2.05, 4.69) is 10.5 Å². The number of para-hydroxylation sites is 1. The number of hydrazone groups is 1. The molecule has 1 aromatic heterocycles. The zero-order valence-electron chi connectivity index (χ0n) is 14.3. The molecule has 0 radical (unpaired) electrons. The molecule has 0 fully saturated rings. The van der Waals surface area contributed by atoms with Crippen LogP contribution >= 0.6 is 0 Å². The van der Waals surface area contributed by atoms with E-state index in [1.54, 1.807) is 0 Å². The first-order valence-electron chi connectivity index (χ1n) is 7.92. The molecule has 0 amide bonds. The van der Waals surface area contributed by atoms with E-state index >= 15 is 0 Å². The Labute approximate surface area is 153 Å². The SMILES string of the molecule is Cc1cc(/C=N\Nc2ccc([N+](=O)[O-])cc2[N+](=O)[O-])cn1-c1ccccc1. The second-order valence-corrected chi connectivity index (χ2v) is 5.71. The van der Waals surface area contributed by atoms with Gasteiger partial charge in [0.25, 0.3) is 5.69 Å². The van der Waals surface area contributed by atoms with Crippen molar-refractivity contribution in [3.63, 3.8) is 0 Å². The molecule has 136 valence electrons. The van der Waals surface area contributed by atoms with E-state index < -0.39 is 15.5 Å². The lowest BCUT2D eigenvalue weighted by Gasteiger charge is -2.04. The summed E-state index contributed by atoms with van der Waals surface area (Å²) in [7, 11) is 0. The molecule has 3 aromatic rings. The Morgan fingerprint density at radius 3 is 2.44 bits per heavy atom. The van der Waals surface area contributed by atoms with Crippen LogP contribution in [0, 0.1) is 27.2 Å². The van der Waals surface area contributed by atoms with Crippen LogP contribution in [0.15, 0.2) is 65.9 Å². The van der Waals surface area contributed by atoms with Crippen LogP contribution in [0.4, 0.5) is 17.1 Å². The van der Waals surface area contributed by atoms with Gasteiger partial charge < -0.3 is 4.57 Å². The van der Waals surface area contributed by atoms with Gasteiger partial charge in [0.1, 0.15) is 5.69 Å². The van der Waals surface area contributed by atoms with Crippen LogP contribution in [0.5, 0.6) is 0 Å². The van der Waals surface area contributed by atoms with Crippen molar-refractivity contribution in [1.29, 1.82) is 0 Å². The highest BCUT2D eigenvalue weighted by Gasteiger charge is 2.19. The first-order chi connectivity index (χ1) is 13.0. The first kappa shape index (κ1) is 17.8. The average Bonchev–Trinajstić information content (AvgIpc) is 3.03. The Balaban J connectivity index is 1.80. The molecule has 0 saturated heterocycles. The van der Waals surface area contributed by atoms with Crippen LogP contribution in [0.25, 0.3) is 5.69 Å². The summed E-state index contributed by atoms with van der Waals surface area (Å²) in [5, 5.41) is 25.9. The Hall–Kier alpha value is -4.01. The van der Waals surface area contributed by atoms with Gasteiger partial charge in [0, 0.05) is 29.2 Å². The maximum atomic E-state index is 11.1. The van der Waals surface area contributed by atoms with Gasteiger partial charge in [-0.3, -0.25) is 25.7 Å². The number of hydrogen-bond donors (Lipinski definition) is 1. The van der Waals surface area contributed by atoms with E-state index in [1.807, 2.05) is 54.1 Å². The van der Waals surface area contributed by atoms with Crippen LogP contribution in [0.2, 0.25) is 0 Å². The standard InChI is InChI=1S/C18H15N5O4/c1-13-9-14(12-21(13)15-5-3-2-4-6-15)11-19-20-17-8-7-16(22(24)25)10-18(17)23(26)27/h2-12,20H,1H3/b19-11-. The normalized spacial score (nSPS) is 10.9. The van der Waals surface area contributed by atoms with Crippen molar-refractivity contribution in [3.8, 4) is 5.69 Å². The minimum absolute atomic E-state index is 0.0704. The van der Waals surface area contributed by atoms with Gasteiger partial charge in [0.05, 0.1) is 22.1 Å². The molecule has 9 nitrogen and oxygen atoms in total. The average molecular weight is 365 g/mol. The van der Waals surface area contributed by atoms with Crippen LogP contribution in [0.3, 0.4) is 0 Å². The summed E-state index contributed by atoms with van der Waals surface area (Å²) in [5.41, 5.74) is 4.68. The number of hydrogen-bond acceptors (Lipinski definition) is 6. The highest BCUT2D eigenvalue weighted by atomic mass is 16.6. The van der Waals surface area contributed by atoms with E-state index in [0.717, 1.165) is 23.0 Å². The van der Waals surface area contributed by atoms with E-state index in [0.29, 0.717) is 0 Å². The first-order valence-corrected chi connectivity index (χ1v) is 7.92. The summed E-state index contributed by atoms with van der Waals surface area (Å²) >= 11 is 0. The summed E-state index contributed by atoms with van der Waals surface area (Å²) in [4.78, 5) is 20.5. The molecule has 0 aliphatic heterocycles. The smallest absolute Gasteiger partial charge is 0.301 e. The van der Waals surface area contributed by atoms with Crippen molar-refractivity contribution < 1.29 is 9.85 Å². The number of non-ortho nitro benzene ring substituents is 1. The molecule has 0 bridgehead atoms. The summed E-state index contributed by atoms with van der Waals surface area (Å²) in [5.74, 6) is 0. The van der Waals surface area contributed by atoms with Gasteiger partial charge in [0.2, 0.25) is 0 Å². The number of aryl methyl sites for hydroxylation is 1. The molecule has 0 atom stereocenters. The topological polar surface area (TPSA) is 116 Å². The fourth-order valence-corrected chi connectivity index (χ4v) is 2.59. The fraction of sp³-hybridized carbons (Fsp3) is 0.0556. The number of nitro groups is 2. The van der Waals surface area contributed by atoms with Gasteiger partial charge in [-0.15, -0.1) is 0 Å². The lowest BCUT2D eigenvalue weighted by Crippen LogP contribution is -1.98. The molecule has 9 heteroatoms. The zero-order valence-corrected chi connectivity index (χ0v) is 14.3. The molecular weight excluding hydrogens is 350 g/mol. The fourth-order valence-electron chi connectivity index (χ4n) is 2.59. The number of aromatic nitrogens is 1. The molecule has 1 N–H and O–H groups in total. The Kier molecular flexibility index (Phi) is 4.93. The van der Waals surface area contributed by atoms with Gasteiger partial charge in [-0.2, -0.15) is 5.10 Å². The summed E-state index contributed by atoms with van der Waals surface area (Å²) in [6.07, 6.45) is 3.41. The van der Waals surface area contributed by atoms with Gasteiger partial charge in [-0.25, -0.2) is 0 Å². The summed E-state index contributed by atoms with van der Waals surface area (Å²) < 4.78 is 2.00. The number of rotatable bonds is 6. The molecule has 27 heavy (non-hydrogen) atoms. The maximum Gasteiger partial charge on any atom is 0.301 e. The second kappa shape index (κ2) is 7.48. The number of nitro benzene ring substituents is 2. The molecule has 0 unspecified atom stereocenters. The van der Waals surface area contributed by atoms with E-state index in [-0.39, 0.29) is 11.4 Å². The highest BCUT2D eigenvalue weighted by molar-refractivity contribution is 5.81. The van der Waals surface area contributed by atoms with Crippen LogP contribution < -0.4 is 5.43 Å². The number of nitrogens with one attached hydrogen (secondary N) is 1. The number of benzene rings is 2. The molecule has 0 saturated carbocycles. The second-order valence-electron chi connectivity index (χ2n) is 5.71. The molecule has 0 aliphatic rings. The van der Waals surface area contributed by atoms with Crippen molar-refractivity contribution in [2.24, 2.45) is 5.10 Å². The maximum absolute atomic E-state index is 11.1. The minimum atomic E-state index is -0.694. The highest BCUT2D eigenvalue weighted by Crippen LogP contribution is 2.28. The molecule has 3 rings (SSSR count). The van der Waals surface area contributed by atoms with Gasteiger partial charge >= 0.3 is 5.69 Å². The van der Waals surface area contributed by atoms with Crippen molar-refractivity contribution >= 4 is 23.3 Å². The van der Waals surface area contributed by atoms with Gasteiger partial charge in [-0.1, -0.05) is 18.2 Å². The predicted octanol–water partition coefficient (Wildman–Crippen LogP) is 4.05. The lowest BCUT2D eigenvalue weighted by atomic mass is 10.2. The third-order valence-corrected chi connectivity index (χ3v) is 3.86. The van der Waals surface area contributed by atoms with Gasteiger partial charge in [0.15, 0.2) is 0 Å². The lowest BCUT2D eigenvalue weighted by molar-refractivity contribution is -0.393. The van der Waals surface area contributed by atoms with E-state index in [9.17, 15) is 20.2 Å². The quantitative estimate of drug-likeness (QED) is 0.402. The largest absolute Gasteiger partial charge is 0.321 e. The van der Waals surface area contributed by atoms with Crippen LogP contribution in [-0.2, 0) is 0 Å². The summed E-state index contributed by atoms with van der Waals surface area (Å²) in [6, 6.07) is 15.0. The van der Waals surface area contributed by atoms with Gasteiger partial charge in [-0.05, 0) is 31.2 Å². The van der Waals surface area contributed by atoms with Crippen LogP contribution in [0.1, 0.15) is 11.3 Å². The molecule has 1 heterocycles. The third-order valence-electron chi connectivity index (χ3n) is 3.86. The van der Waals surface area contributed by atoms with Crippen molar-refractivity contribution in [3.05, 3.63) is 92.3 Å². The Bertz CT molecular complexity index is 1030. The predicted molar refractivity (Wildman–Crippen MR) is 101 cm³/mol. The Morgan fingerprint density at radius 1 is 1.04 bits per heavy atom. The number of anilines is 1. The zero-order chi connectivity index (χ0) is 19.4. The van der Waals surface area contributed by atoms with Crippen molar-refractivity contribution in [2.45, 2.75) is 6.92 Å². The number of nitrogens with zero attached hydrogens (tertiary/aromatic N) is 4. The van der Waals surface area contributed by atoms with E-state index in [1.165, 1.54) is 18.3 Å². The molecule has 2 aromatic carbocycles. The molecule has 0 spiro atoms. The molecule has 0 aliphatic carbocycles. The Morgan fingerprint density at radius 2 is 1.78 bits per heavy atom. The van der Waals surface area contributed by atoms with Crippen LogP contribution in [-0.4, -0.2) is 20.6 Å². The van der Waals surface area contributed by atoms with E-state index in [4.69, 9.17) is 0 Å². The summed E-state index contributed by atoms with van der Waals surface area (Å²) in [6.45, 7) is 1.96. The monoisotopic (exact) mass is 365 g/mol. The van der Waals surface area contributed by atoms with Crippen molar-refractivity contribution in [1.82, 2.24) is 4.57 Å².